The van der Waals surface area contributed by atoms with Gasteiger partial charge in [-0.2, -0.15) is 0 Å². The number of allylic oxidation sites excluding steroid dienone is 1. The second-order valence-corrected chi connectivity index (χ2v) is 6.54. The van der Waals surface area contributed by atoms with Gasteiger partial charge in [0.05, 0.1) is 6.04 Å². The molecule has 20 heavy (non-hydrogen) atoms. The van der Waals surface area contributed by atoms with Gasteiger partial charge < -0.3 is 10.1 Å². The molecule has 0 aliphatic carbocycles. The second-order valence-electron chi connectivity index (χ2n) is 6.54. The van der Waals surface area contributed by atoms with Gasteiger partial charge in [-0.1, -0.05) is 43.7 Å². The number of para-hydroxylation sites is 1. The molecule has 0 aliphatic rings. The Morgan fingerprint density at radius 3 is 2.30 bits per heavy atom. The zero-order valence-electron chi connectivity index (χ0n) is 13.7. The molecule has 1 aromatic rings. The third kappa shape index (κ3) is 5.79. The molecule has 0 heterocycles. The Kier molecular flexibility index (Phi) is 6.28. The van der Waals surface area contributed by atoms with E-state index in [4.69, 9.17) is 4.74 Å². The van der Waals surface area contributed by atoms with Gasteiger partial charge in [-0.05, 0) is 52.3 Å². The molecule has 112 valence electrons. The standard InChI is InChI=1S/C18H29NO/c1-14(2)12-17(19-13-15(3)4)18(5,6)20-16-10-8-7-9-11-16/h7-12,15,17,19H,13H2,1-6H3. The summed E-state index contributed by atoms with van der Waals surface area (Å²) in [5, 5.41) is 3.61. The monoisotopic (exact) mass is 275 g/mol. The fourth-order valence-corrected chi connectivity index (χ4v) is 2.06. The molecular weight excluding hydrogens is 246 g/mol. The van der Waals surface area contributed by atoms with E-state index in [2.05, 4.69) is 52.9 Å². The zero-order valence-corrected chi connectivity index (χ0v) is 13.7. The van der Waals surface area contributed by atoms with Crippen molar-refractivity contribution in [3.05, 3.63) is 42.0 Å². The van der Waals surface area contributed by atoms with Crippen LogP contribution in [-0.4, -0.2) is 18.2 Å². The van der Waals surface area contributed by atoms with Crippen molar-refractivity contribution in [2.75, 3.05) is 6.54 Å². The lowest BCUT2D eigenvalue weighted by molar-refractivity contribution is 0.0803. The van der Waals surface area contributed by atoms with Crippen LogP contribution in [0.15, 0.2) is 42.0 Å². The smallest absolute Gasteiger partial charge is 0.122 e. The van der Waals surface area contributed by atoms with E-state index in [0.717, 1.165) is 12.3 Å². The van der Waals surface area contributed by atoms with Crippen LogP contribution < -0.4 is 10.1 Å². The zero-order chi connectivity index (χ0) is 15.2. The largest absolute Gasteiger partial charge is 0.486 e. The Balaban J connectivity index is 2.83. The van der Waals surface area contributed by atoms with Crippen LogP contribution in [0.2, 0.25) is 0 Å². The molecule has 1 unspecified atom stereocenters. The first kappa shape index (κ1) is 16.8. The number of ether oxygens (including phenoxy) is 1. The molecule has 0 saturated carbocycles. The maximum atomic E-state index is 6.19. The molecule has 0 saturated heterocycles. The molecule has 0 amide bonds. The third-order valence-electron chi connectivity index (χ3n) is 3.12. The lowest BCUT2D eigenvalue weighted by Crippen LogP contribution is -2.50. The van der Waals surface area contributed by atoms with Gasteiger partial charge in [0, 0.05) is 0 Å². The Hall–Kier alpha value is -1.28. The van der Waals surface area contributed by atoms with E-state index in [0.29, 0.717) is 5.92 Å². The second kappa shape index (κ2) is 7.49. The summed E-state index contributed by atoms with van der Waals surface area (Å²) in [5.74, 6) is 1.53. The van der Waals surface area contributed by atoms with Gasteiger partial charge in [0.15, 0.2) is 0 Å². The fourth-order valence-electron chi connectivity index (χ4n) is 2.06. The number of benzene rings is 1. The first-order chi connectivity index (χ1) is 9.31. The summed E-state index contributed by atoms with van der Waals surface area (Å²) < 4.78 is 6.19. The maximum Gasteiger partial charge on any atom is 0.122 e. The number of nitrogens with one attached hydrogen (secondary N) is 1. The van der Waals surface area contributed by atoms with Gasteiger partial charge in [0.1, 0.15) is 11.4 Å². The molecule has 0 bridgehead atoms. The van der Waals surface area contributed by atoms with E-state index < -0.39 is 0 Å². The summed E-state index contributed by atoms with van der Waals surface area (Å²) >= 11 is 0. The molecular formula is C18H29NO. The molecule has 1 aromatic carbocycles. The summed E-state index contributed by atoms with van der Waals surface area (Å²) in [6.07, 6.45) is 2.26. The molecule has 1 rings (SSSR count). The van der Waals surface area contributed by atoms with Crippen molar-refractivity contribution in [2.24, 2.45) is 5.92 Å². The minimum Gasteiger partial charge on any atom is -0.486 e. The van der Waals surface area contributed by atoms with E-state index in [1.54, 1.807) is 0 Å². The average molecular weight is 275 g/mol. The van der Waals surface area contributed by atoms with Gasteiger partial charge >= 0.3 is 0 Å². The molecule has 1 atom stereocenters. The Bertz CT molecular complexity index is 416. The SMILES string of the molecule is CC(C)=CC(NCC(C)C)C(C)(C)Oc1ccccc1. The molecule has 1 N–H and O–H groups in total. The summed E-state index contributed by atoms with van der Waals surface area (Å²) in [5.41, 5.74) is 1.00. The molecule has 0 spiro atoms. The molecule has 0 aromatic heterocycles. The van der Waals surface area contributed by atoms with E-state index in [-0.39, 0.29) is 11.6 Å². The van der Waals surface area contributed by atoms with Crippen LogP contribution in [0.3, 0.4) is 0 Å². The van der Waals surface area contributed by atoms with Crippen molar-refractivity contribution in [1.29, 1.82) is 0 Å². The molecule has 0 fully saturated rings. The topological polar surface area (TPSA) is 21.3 Å². The minimum absolute atomic E-state index is 0.190. The Morgan fingerprint density at radius 1 is 1.20 bits per heavy atom. The lowest BCUT2D eigenvalue weighted by Gasteiger charge is -2.35. The lowest BCUT2D eigenvalue weighted by atomic mass is 9.95. The normalized spacial score (nSPS) is 13.2. The average Bonchev–Trinajstić information content (AvgIpc) is 2.34. The molecule has 0 radical (unpaired) electrons. The highest BCUT2D eigenvalue weighted by Crippen LogP contribution is 2.22. The van der Waals surface area contributed by atoms with E-state index >= 15 is 0 Å². The van der Waals surface area contributed by atoms with Crippen LogP contribution >= 0.6 is 0 Å². The summed E-state index contributed by atoms with van der Waals surface area (Å²) in [7, 11) is 0. The Labute approximate surface area is 124 Å². The number of hydrogen-bond acceptors (Lipinski definition) is 2. The highest BCUT2D eigenvalue weighted by molar-refractivity contribution is 5.23. The van der Waals surface area contributed by atoms with Crippen molar-refractivity contribution in [2.45, 2.75) is 53.2 Å². The number of rotatable bonds is 7. The quantitative estimate of drug-likeness (QED) is 0.744. The van der Waals surface area contributed by atoms with Crippen LogP contribution in [0, 0.1) is 5.92 Å². The van der Waals surface area contributed by atoms with Crippen LogP contribution in [0.1, 0.15) is 41.5 Å². The highest BCUT2D eigenvalue weighted by Gasteiger charge is 2.29. The van der Waals surface area contributed by atoms with Gasteiger partial charge in [0.25, 0.3) is 0 Å². The van der Waals surface area contributed by atoms with E-state index in [1.165, 1.54) is 5.57 Å². The third-order valence-corrected chi connectivity index (χ3v) is 3.12. The van der Waals surface area contributed by atoms with Crippen LogP contribution in [0.25, 0.3) is 0 Å². The highest BCUT2D eigenvalue weighted by atomic mass is 16.5. The van der Waals surface area contributed by atoms with Gasteiger partial charge in [-0.15, -0.1) is 0 Å². The first-order valence-electron chi connectivity index (χ1n) is 7.43. The van der Waals surface area contributed by atoms with Crippen molar-refractivity contribution in [3.8, 4) is 5.75 Å². The molecule has 0 aliphatic heterocycles. The van der Waals surface area contributed by atoms with Crippen LogP contribution in [0.4, 0.5) is 0 Å². The van der Waals surface area contributed by atoms with Gasteiger partial charge in [-0.3, -0.25) is 0 Å². The van der Waals surface area contributed by atoms with Crippen molar-refractivity contribution in [1.82, 2.24) is 5.32 Å². The Morgan fingerprint density at radius 2 is 1.80 bits per heavy atom. The van der Waals surface area contributed by atoms with E-state index in [9.17, 15) is 0 Å². The van der Waals surface area contributed by atoms with Crippen LogP contribution in [-0.2, 0) is 0 Å². The predicted molar refractivity (Wildman–Crippen MR) is 87.2 cm³/mol. The van der Waals surface area contributed by atoms with Gasteiger partial charge in [-0.25, -0.2) is 0 Å². The van der Waals surface area contributed by atoms with Crippen LogP contribution in [0.5, 0.6) is 5.75 Å². The van der Waals surface area contributed by atoms with Crippen molar-refractivity contribution >= 4 is 0 Å². The summed E-state index contributed by atoms with van der Waals surface area (Å²) in [6, 6.07) is 10.2. The van der Waals surface area contributed by atoms with Gasteiger partial charge in [0.2, 0.25) is 0 Å². The summed E-state index contributed by atoms with van der Waals surface area (Å²) in [4.78, 5) is 0. The fraction of sp³-hybridized carbons (Fsp3) is 0.556. The number of hydrogen-bond donors (Lipinski definition) is 1. The molecule has 2 heteroatoms. The minimum atomic E-state index is -0.298. The van der Waals surface area contributed by atoms with Crippen molar-refractivity contribution in [3.63, 3.8) is 0 Å². The van der Waals surface area contributed by atoms with E-state index in [1.807, 2.05) is 30.3 Å². The summed E-state index contributed by atoms with van der Waals surface area (Å²) in [6.45, 7) is 13.9. The molecule has 2 nitrogen and oxygen atoms in total. The van der Waals surface area contributed by atoms with Crippen molar-refractivity contribution < 1.29 is 4.74 Å². The predicted octanol–water partition coefficient (Wildman–Crippen LogP) is 4.42. The first-order valence-corrected chi connectivity index (χ1v) is 7.43. The maximum absolute atomic E-state index is 6.19.